The molecule has 0 aromatic carbocycles. The summed E-state index contributed by atoms with van der Waals surface area (Å²) in [5.74, 6) is 0.193. The van der Waals surface area contributed by atoms with Gasteiger partial charge in [0.05, 0.1) is 6.10 Å². The van der Waals surface area contributed by atoms with Crippen LogP contribution in [0.3, 0.4) is 0 Å². The van der Waals surface area contributed by atoms with Crippen molar-refractivity contribution in [3.05, 3.63) is 0 Å². The van der Waals surface area contributed by atoms with E-state index in [9.17, 15) is 4.79 Å². The third kappa shape index (κ3) is 0.802. The molecule has 4 heteroatoms. The lowest BCUT2D eigenvalue weighted by Gasteiger charge is -2.38. The lowest BCUT2D eigenvalue weighted by molar-refractivity contribution is -0.225. The van der Waals surface area contributed by atoms with Crippen LogP contribution < -0.4 is 0 Å². The minimum absolute atomic E-state index is 0.0381. The van der Waals surface area contributed by atoms with Crippen LogP contribution >= 0.6 is 0 Å². The predicted octanol–water partition coefficient (Wildman–Crippen LogP) is 0.308. The number of carbonyl (C=O) groups is 1. The summed E-state index contributed by atoms with van der Waals surface area (Å²) in [5, 5.41) is 0. The summed E-state index contributed by atoms with van der Waals surface area (Å²) in [6.45, 7) is 4.07. The Morgan fingerprint density at radius 1 is 1.08 bits per heavy atom. The fraction of sp³-hybridized carbons (Fsp3) is 0.889. The van der Waals surface area contributed by atoms with Gasteiger partial charge in [-0.2, -0.15) is 0 Å². The summed E-state index contributed by atoms with van der Waals surface area (Å²) < 4.78 is 16.3. The van der Waals surface area contributed by atoms with Crippen molar-refractivity contribution in [1.29, 1.82) is 0 Å². The van der Waals surface area contributed by atoms with Crippen LogP contribution in [0.2, 0.25) is 0 Å². The molecule has 4 nitrogen and oxygen atoms in total. The van der Waals surface area contributed by atoms with E-state index in [1.165, 1.54) is 0 Å². The minimum atomic E-state index is -0.450. The van der Waals surface area contributed by atoms with Crippen LogP contribution in [0.15, 0.2) is 0 Å². The van der Waals surface area contributed by atoms with Crippen LogP contribution in [-0.2, 0) is 19.0 Å². The molecule has 3 aliphatic heterocycles. The largest absolute Gasteiger partial charge is 0.431 e. The third-order valence-electron chi connectivity index (χ3n) is 3.36. The van der Waals surface area contributed by atoms with Crippen molar-refractivity contribution < 1.29 is 19.0 Å². The first-order chi connectivity index (χ1) is 6.18. The molecular formula is C9H12O4. The second-order valence-corrected chi connectivity index (χ2v) is 4.15. The Labute approximate surface area is 76.1 Å². The molecule has 3 heterocycles. The van der Waals surface area contributed by atoms with E-state index >= 15 is 0 Å². The first-order valence-corrected chi connectivity index (χ1v) is 4.70. The Morgan fingerprint density at radius 2 is 1.85 bits per heavy atom. The minimum Gasteiger partial charge on any atom is -0.431 e. The molecule has 3 unspecified atom stereocenters. The van der Waals surface area contributed by atoms with E-state index < -0.39 is 12.4 Å². The monoisotopic (exact) mass is 184 g/mol. The number of carbonyl (C=O) groups excluding carboxylic acids is 1. The molecule has 13 heavy (non-hydrogen) atoms. The van der Waals surface area contributed by atoms with Crippen molar-refractivity contribution in [2.45, 2.75) is 38.4 Å². The van der Waals surface area contributed by atoms with Crippen LogP contribution in [-0.4, -0.2) is 30.6 Å². The molecule has 0 aromatic rings. The normalized spacial score (nSPS) is 58.2. The molecular weight excluding hydrogens is 172 g/mol. The highest BCUT2D eigenvalue weighted by Crippen LogP contribution is 2.44. The Balaban J connectivity index is 2.02. The van der Waals surface area contributed by atoms with E-state index in [-0.39, 0.29) is 24.1 Å². The quantitative estimate of drug-likeness (QED) is 0.508. The van der Waals surface area contributed by atoms with Crippen molar-refractivity contribution in [1.82, 2.24) is 0 Å². The van der Waals surface area contributed by atoms with Crippen molar-refractivity contribution in [3.8, 4) is 0 Å². The molecule has 0 N–H and O–H groups in total. The highest BCUT2D eigenvalue weighted by molar-refractivity contribution is 5.76. The van der Waals surface area contributed by atoms with Gasteiger partial charge in [-0.15, -0.1) is 0 Å². The summed E-state index contributed by atoms with van der Waals surface area (Å²) in [4.78, 5) is 11.3. The number of hydrogen-bond donors (Lipinski definition) is 0. The third-order valence-corrected chi connectivity index (χ3v) is 3.36. The maximum Gasteiger partial charge on any atom is 0.338 e. The van der Waals surface area contributed by atoms with Crippen LogP contribution in [0.4, 0.5) is 0 Å². The fourth-order valence-corrected chi connectivity index (χ4v) is 2.59. The smallest absolute Gasteiger partial charge is 0.338 e. The molecule has 3 saturated heterocycles. The molecule has 0 radical (unpaired) electrons. The van der Waals surface area contributed by atoms with Crippen LogP contribution in [0, 0.1) is 11.8 Å². The van der Waals surface area contributed by atoms with Gasteiger partial charge >= 0.3 is 5.97 Å². The van der Waals surface area contributed by atoms with Gasteiger partial charge < -0.3 is 14.2 Å². The molecule has 3 aliphatic rings. The van der Waals surface area contributed by atoms with Gasteiger partial charge in [0.15, 0.2) is 6.10 Å². The zero-order valence-electron chi connectivity index (χ0n) is 7.60. The second-order valence-electron chi connectivity index (χ2n) is 4.15. The number of rotatable bonds is 0. The van der Waals surface area contributed by atoms with Gasteiger partial charge in [-0.1, -0.05) is 13.8 Å². The number of ether oxygens (including phenoxy) is 3. The van der Waals surface area contributed by atoms with Gasteiger partial charge in [0.2, 0.25) is 6.29 Å². The molecule has 3 bridgehead atoms. The van der Waals surface area contributed by atoms with Crippen LogP contribution in [0.25, 0.3) is 0 Å². The first kappa shape index (κ1) is 7.76. The van der Waals surface area contributed by atoms with Crippen LogP contribution in [0.1, 0.15) is 13.8 Å². The SMILES string of the molecule is CC1C2OC3OC(=O)[C@@H](O[C@@H]31)[C@@H]2C. The Hall–Kier alpha value is -0.610. The van der Waals surface area contributed by atoms with Crippen LogP contribution in [0.5, 0.6) is 0 Å². The molecule has 3 fully saturated rings. The molecule has 0 amide bonds. The molecule has 0 saturated carbocycles. The van der Waals surface area contributed by atoms with E-state index in [1.54, 1.807) is 0 Å². The van der Waals surface area contributed by atoms with Crippen molar-refractivity contribution in [3.63, 3.8) is 0 Å². The van der Waals surface area contributed by atoms with Crippen molar-refractivity contribution >= 4 is 5.97 Å². The topological polar surface area (TPSA) is 44.8 Å². The molecule has 6 atom stereocenters. The average Bonchev–Trinajstić information content (AvgIpc) is 2.25. The lowest BCUT2D eigenvalue weighted by Crippen LogP contribution is -2.53. The number of hydrogen-bond acceptors (Lipinski definition) is 4. The van der Waals surface area contributed by atoms with Crippen molar-refractivity contribution in [2.75, 3.05) is 0 Å². The predicted molar refractivity (Wildman–Crippen MR) is 41.7 cm³/mol. The second kappa shape index (κ2) is 2.25. The Bertz CT molecular complexity index is 264. The molecule has 0 aromatic heterocycles. The summed E-state index contributed by atoms with van der Waals surface area (Å²) in [6, 6.07) is 0. The van der Waals surface area contributed by atoms with E-state index in [1.807, 2.05) is 6.92 Å². The molecule has 72 valence electrons. The van der Waals surface area contributed by atoms with Crippen molar-refractivity contribution in [2.24, 2.45) is 11.8 Å². The van der Waals surface area contributed by atoms with Gasteiger partial charge in [-0.05, 0) is 0 Å². The highest BCUT2D eigenvalue weighted by atomic mass is 16.8. The lowest BCUT2D eigenvalue weighted by atomic mass is 9.84. The van der Waals surface area contributed by atoms with Gasteiger partial charge in [0.25, 0.3) is 0 Å². The van der Waals surface area contributed by atoms with E-state index in [0.717, 1.165) is 0 Å². The van der Waals surface area contributed by atoms with Gasteiger partial charge in [0.1, 0.15) is 6.10 Å². The summed E-state index contributed by atoms with van der Waals surface area (Å²) in [7, 11) is 0. The zero-order chi connectivity index (χ0) is 9.16. The summed E-state index contributed by atoms with van der Waals surface area (Å²) in [5.41, 5.74) is 0. The zero-order valence-corrected chi connectivity index (χ0v) is 7.60. The van der Waals surface area contributed by atoms with Gasteiger partial charge in [-0.3, -0.25) is 0 Å². The molecule has 0 aliphatic carbocycles. The van der Waals surface area contributed by atoms with Gasteiger partial charge in [0, 0.05) is 11.8 Å². The molecule has 0 spiro atoms. The van der Waals surface area contributed by atoms with E-state index in [4.69, 9.17) is 14.2 Å². The first-order valence-electron chi connectivity index (χ1n) is 4.70. The number of esters is 1. The summed E-state index contributed by atoms with van der Waals surface area (Å²) >= 11 is 0. The fourth-order valence-electron chi connectivity index (χ4n) is 2.59. The van der Waals surface area contributed by atoms with E-state index in [2.05, 4.69) is 6.92 Å². The van der Waals surface area contributed by atoms with Gasteiger partial charge in [-0.25, -0.2) is 4.79 Å². The Kier molecular flexibility index (Phi) is 1.34. The standard InChI is InChI=1S/C9H12O4/c1-3-5-4(2)7-9(12-5)13-8(10)6(3)11-7/h3-7,9H,1-2H3/t3-,4?,5?,6+,7-,9?/m1/s1. The maximum absolute atomic E-state index is 11.3. The van der Waals surface area contributed by atoms with E-state index in [0.29, 0.717) is 5.92 Å². The highest BCUT2D eigenvalue weighted by Gasteiger charge is 2.59. The summed E-state index contributed by atoms with van der Waals surface area (Å²) in [6.07, 6.45) is -0.761. The Morgan fingerprint density at radius 3 is 2.62 bits per heavy atom. The average molecular weight is 184 g/mol. The number of fused-ring (bicyclic) bond motifs is 2. The molecule has 3 rings (SSSR count). The maximum atomic E-state index is 11.3.